The molecular weight excluding hydrogens is 556 g/mol. The fourth-order valence-electron chi connectivity index (χ4n) is 7.86. The number of nitrogens with zero attached hydrogens (tertiary/aromatic N) is 6. The first-order chi connectivity index (χ1) is 19.7. The Balaban J connectivity index is 1.12. The van der Waals surface area contributed by atoms with E-state index in [2.05, 4.69) is 51.7 Å². The Bertz CT molecular complexity index is 1700. The molecule has 3 aliphatic rings. The SMILES string of the molecule is Cc1nc2ccccc2n1C1CC2CCC(C1)N2C[C@@H]1C[C@@]1(CN(C)S(=O)(=O)c1cn(C)cn1)c1cccc(Cl)c1. The summed E-state index contributed by atoms with van der Waals surface area (Å²) in [5.74, 6) is 1.46. The second-order valence-electron chi connectivity index (χ2n) is 12.4. The largest absolute Gasteiger partial charge is 0.339 e. The van der Waals surface area contributed by atoms with E-state index in [0.29, 0.717) is 35.6 Å². The molecule has 7 rings (SSSR count). The predicted octanol–water partition coefficient (Wildman–Crippen LogP) is 5.18. The van der Waals surface area contributed by atoms with E-state index >= 15 is 0 Å². The van der Waals surface area contributed by atoms with Gasteiger partial charge in [0.25, 0.3) is 10.0 Å². The molecule has 8 nitrogen and oxygen atoms in total. The normalized spacial score (nSPS) is 28.1. The summed E-state index contributed by atoms with van der Waals surface area (Å²) in [5.41, 5.74) is 3.17. The molecule has 2 unspecified atom stereocenters. The molecular formula is C31H37ClN6O2S. The molecule has 2 aromatic carbocycles. The molecule has 216 valence electrons. The van der Waals surface area contributed by atoms with Gasteiger partial charge in [0, 0.05) is 61.9 Å². The highest BCUT2D eigenvalue weighted by Gasteiger charge is 2.58. The molecule has 3 fully saturated rings. The fraction of sp³-hybridized carbons (Fsp3) is 0.484. The number of hydrogen-bond donors (Lipinski definition) is 0. The van der Waals surface area contributed by atoms with Gasteiger partial charge in [-0.05, 0) is 74.8 Å². The van der Waals surface area contributed by atoms with Crippen molar-refractivity contribution in [2.45, 2.75) is 67.6 Å². The van der Waals surface area contributed by atoms with Crippen LogP contribution in [0.15, 0.2) is 66.1 Å². The van der Waals surface area contributed by atoms with Crippen LogP contribution in [-0.2, 0) is 22.5 Å². The smallest absolute Gasteiger partial charge is 0.261 e. The number of hydrogen-bond acceptors (Lipinski definition) is 5. The van der Waals surface area contributed by atoms with Crippen molar-refractivity contribution in [1.29, 1.82) is 0 Å². The van der Waals surface area contributed by atoms with Crippen LogP contribution in [0, 0.1) is 12.8 Å². The van der Waals surface area contributed by atoms with E-state index in [-0.39, 0.29) is 10.4 Å². The summed E-state index contributed by atoms with van der Waals surface area (Å²) in [6.07, 6.45) is 8.73. The number of aryl methyl sites for hydroxylation is 2. The van der Waals surface area contributed by atoms with Crippen molar-refractivity contribution in [3.05, 3.63) is 77.5 Å². The minimum absolute atomic E-state index is 0.0865. The van der Waals surface area contributed by atoms with Crippen LogP contribution in [0.3, 0.4) is 0 Å². The number of rotatable bonds is 8. The highest BCUT2D eigenvalue weighted by molar-refractivity contribution is 7.89. The molecule has 0 amide bonds. The van der Waals surface area contributed by atoms with Crippen molar-refractivity contribution in [2.75, 3.05) is 20.1 Å². The van der Waals surface area contributed by atoms with Gasteiger partial charge in [0.2, 0.25) is 0 Å². The molecule has 2 aromatic heterocycles. The maximum atomic E-state index is 13.4. The molecule has 10 heteroatoms. The summed E-state index contributed by atoms with van der Waals surface area (Å²) in [4.78, 5) is 11.7. The molecule has 2 bridgehead atoms. The molecule has 2 aliphatic heterocycles. The number of benzene rings is 2. The van der Waals surface area contributed by atoms with Gasteiger partial charge in [-0.3, -0.25) is 4.90 Å². The van der Waals surface area contributed by atoms with Crippen molar-refractivity contribution >= 4 is 32.7 Å². The van der Waals surface area contributed by atoms with Crippen LogP contribution >= 0.6 is 11.6 Å². The van der Waals surface area contributed by atoms with Gasteiger partial charge >= 0.3 is 0 Å². The lowest BCUT2D eigenvalue weighted by atomic mass is 9.91. The third kappa shape index (κ3) is 4.61. The molecule has 41 heavy (non-hydrogen) atoms. The first-order valence-electron chi connectivity index (χ1n) is 14.6. The summed E-state index contributed by atoms with van der Waals surface area (Å²) < 4.78 is 32.5. The molecule has 0 N–H and O–H groups in total. The molecule has 1 saturated carbocycles. The van der Waals surface area contributed by atoms with Gasteiger partial charge in [0.1, 0.15) is 5.82 Å². The van der Waals surface area contributed by atoms with Crippen LogP contribution in [0.2, 0.25) is 5.02 Å². The van der Waals surface area contributed by atoms with Crippen molar-refractivity contribution in [3.63, 3.8) is 0 Å². The van der Waals surface area contributed by atoms with Crippen LogP contribution in [0.1, 0.15) is 49.5 Å². The third-order valence-corrected chi connectivity index (χ3v) is 11.8. The number of halogens is 1. The van der Waals surface area contributed by atoms with Gasteiger partial charge in [0.05, 0.1) is 17.4 Å². The van der Waals surface area contributed by atoms with E-state index in [1.54, 1.807) is 24.9 Å². The van der Waals surface area contributed by atoms with Gasteiger partial charge in [-0.25, -0.2) is 18.4 Å². The van der Waals surface area contributed by atoms with E-state index in [1.165, 1.54) is 29.0 Å². The molecule has 4 aromatic rings. The summed E-state index contributed by atoms with van der Waals surface area (Å²) in [7, 11) is -0.242. The lowest BCUT2D eigenvalue weighted by Gasteiger charge is -2.40. The Labute approximate surface area is 247 Å². The van der Waals surface area contributed by atoms with E-state index in [4.69, 9.17) is 16.6 Å². The standard InChI is InChI=1S/C31H37ClN6O2S/c1-21-34-28-9-4-5-10-29(28)38(21)27-14-25-11-12-26(15-27)37(25)17-23-16-31(23,22-7-6-8-24(32)13-22)19-36(3)41(39,40)30-18-35(2)20-33-30/h4-10,13,18,20,23,25-27H,11-12,14-17,19H2,1-3H3/t23-,25?,26?,27?,31+/m0/s1. The number of sulfonamides is 1. The molecule has 0 spiro atoms. The van der Waals surface area contributed by atoms with Gasteiger partial charge in [-0.15, -0.1) is 0 Å². The van der Waals surface area contributed by atoms with Crippen molar-refractivity contribution in [2.24, 2.45) is 13.0 Å². The highest BCUT2D eigenvalue weighted by atomic mass is 35.5. The first-order valence-corrected chi connectivity index (χ1v) is 16.4. The quantitative estimate of drug-likeness (QED) is 0.282. The zero-order valence-electron chi connectivity index (χ0n) is 23.8. The van der Waals surface area contributed by atoms with Gasteiger partial charge in [-0.2, -0.15) is 4.31 Å². The van der Waals surface area contributed by atoms with E-state index in [9.17, 15) is 8.42 Å². The van der Waals surface area contributed by atoms with Crippen LogP contribution in [-0.4, -0.2) is 68.9 Å². The topological polar surface area (TPSA) is 76.3 Å². The number of imidazole rings is 2. The van der Waals surface area contributed by atoms with Gasteiger partial charge < -0.3 is 9.13 Å². The number of likely N-dealkylation sites (N-methyl/N-ethyl adjacent to an activating group) is 1. The monoisotopic (exact) mass is 592 g/mol. The third-order valence-electron chi connectivity index (χ3n) is 9.92. The van der Waals surface area contributed by atoms with E-state index in [0.717, 1.165) is 42.7 Å². The Kier molecular flexibility index (Phi) is 6.57. The number of piperidine rings is 1. The molecule has 4 heterocycles. The Hall–Kier alpha value is -2.72. The maximum Gasteiger partial charge on any atom is 0.261 e. The predicted molar refractivity (Wildman–Crippen MR) is 161 cm³/mol. The van der Waals surface area contributed by atoms with Crippen LogP contribution in [0.25, 0.3) is 11.0 Å². The summed E-state index contributed by atoms with van der Waals surface area (Å²) in [5, 5.41) is 0.773. The maximum absolute atomic E-state index is 13.4. The van der Waals surface area contributed by atoms with Crippen LogP contribution in [0.5, 0.6) is 0 Å². The minimum atomic E-state index is -3.70. The minimum Gasteiger partial charge on any atom is -0.339 e. The van der Waals surface area contributed by atoms with Crippen molar-refractivity contribution < 1.29 is 8.42 Å². The van der Waals surface area contributed by atoms with E-state index in [1.807, 2.05) is 18.2 Å². The number of aromatic nitrogens is 4. The fourth-order valence-corrected chi connectivity index (χ4v) is 9.25. The lowest BCUT2D eigenvalue weighted by molar-refractivity contribution is 0.0989. The zero-order valence-corrected chi connectivity index (χ0v) is 25.4. The second kappa shape index (κ2) is 9.93. The Morgan fingerprint density at radius 3 is 2.54 bits per heavy atom. The van der Waals surface area contributed by atoms with E-state index < -0.39 is 10.0 Å². The van der Waals surface area contributed by atoms with Crippen molar-refractivity contribution in [3.8, 4) is 0 Å². The van der Waals surface area contributed by atoms with Gasteiger partial charge in [0.15, 0.2) is 5.03 Å². The molecule has 1 aliphatic carbocycles. The average molecular weight is 593 g/mol. The number of para-hydroxylation sites is 2. The summed E-state index contributed by atoms with van der Waals surface area (Å²) >= 11 is 6.46. The van der Waals surface area contributed by atoms with Crippen molar-refractivity contribution in [1.82, 2.24) is 28.3 Å². The Morgan fingerprint density at radius 1 is 1.07 bits per heavy atom. The lowest BCUT2D eigenvalue weighted by Crippen LogP contribution is -2.45. The molecule has 4 atom stereocenters. The first kappa shape index (κ1) is 27.1. The summed E-state index contributed by atoms with van der Waals surface area (Å²) in [6.45, 7) is 3.52. The molecule has 0 radical (unpaired) electrons. The van der Waals surface area contributed by atoms with Gasteiger partial charge in [-0.1, -0.05) is 35.9 Å². The molecule has 2 saturated heterocycles. The summed E-state index contributed by atoms with van der Waals surface area (Å²) in [6, 6.07) is 18.0. The highest BCUT2D eigenvalue weighted by Crippen LogP contribution is 2.57. The Morgan fingerprint density at radius 2 is 1.83 bits per heavy atom. The average Bonchev–Trinajstić information content (AvgIpc) is 3.14. The zero-order chi connectivity index (χ0) is 28.5. The van der Waals surface area contributed by atoms with Crippen LogP contribution < -0.4 is 0 Å². The second-order valence-corrected chi connectivity index (χ2v) is 14.9. The van der Waals surface area contributed by atoms with Crippen LogP contribution in [0.4, 0.5) is 0 Å². The number of fused-ring (bicyclic) bond motifs is 3.